The van der Waals surface area contributed by atoms with Crippen molar-refractivity contribution in [3.63, 3.8) is 0 Å². The SMILES string of the molecule is Cn1cnnc1SCC(C)(N)C(N)=O. The summed E-state index contributed by atoms with van der Waals surface area (Å²) in [6, 6.07) is 0. The van der Waals surface area contributed by atoms with Gasteiger partial charge in [-0.25, -0.2) is 0 Å². The van der Waals surface area contributed by atoms with E-state index in [2.05, 4.69) is 10.2 Å². The van der Waals surface area contributed by atoms with Crippen molar-refractivity contribution in [3.8, 4) is 0 Å². The van der Waals surface area contributed by atoms with Gasteiger partial charge in [0.15, 0.2) is 5.16 Å². The van der Waals surface area contributed by atoms with Gasteiger partial charge in [0.2, 0.25) is 5.91 Å². The number of primary amides is 1. The molecule has 1 rings (SSSR count). The normalized spacial score (nSPS) is 15.1. The van der Waals surface area contributed by atoms with Gasteiger partial charge in [0.1, 0.15) is 11.9 Å². The first-order chi connectivity index (χ1) is 6.43. The molecule has 1 atom stereocenters. The maximum absolute atomic E-state index is 10.9. The third kappa shape index (κ3) is 2.46. The molecule has 0 spiro atoms. The van der Waals surface area contributed by atoms with Crippen molar-refractivity contribution in [3.05, 3.63) is 6.33 Å². The monoisotopic (exact) mass is 215 g/mol. The minimum Gasteiger partial charge on any atom is -0.368 e. The lowest BCUT2D eigenvalue weighted by Crippen LogP contribution is -2.51. The summed E-state index contributed by atoms with van der Waals surface area (Å²) in [6.07, 6.45) is 1.58. The fraction of sp³-hybridized carbons (Fsp3) is 0.571. The first-order valence-corrected chi connectivity index (χ1v) is 4.97. The lowest BCUT2D eigenvalue weighted by Gasteiger charge is -2.18. The molecule has 1 amide bonds. The highest BCUT2D eigenvalue weighted by molar-refractivity contribution is 7.99. The number of aromatic nitrogens is 3. The summed E-state index contributed by atoms with van der Waals surface area (Å²) in [6.45, 7) is 1.60. The second kappa shape index (κ2) is 3.97. The number of thioether (sulfide) groups is 1. The average molecular weight is 215 g/mol. The van der Waals surface area contributed by atoms with Crippen LogP contribution in [0.4, 0.5) is 0 Å². The molecule has 78 valence electrons. The minimum absolute atomic E-state index is 0.384. The number of carbonyl (C=O) groups excluding carboxylic acids is 1. The first-order valence-electron chi connectivity index (χ1n) is 3.99. The van der Waals surface area contributed by atoms with Crippen LogP contribution in [0.25, 0.3) is 0 Å². The van der Waals surface area contributed by atoms with Crippen LogP contribution in [0, 0.1) is 0 Å². The van der Waals surface area contributed by atoms with Crippen molar-refractivity contribution < 1.29 is 4.79 Å². The number of amides is 1. The number of aryl methyl sites for hydroxylation is 1. The Hall–Kier alpha value is -1.08. The van der Waals surface area contributed by atoms with Crippen LogP contribution in [0.15, 0.2) is 11.5 Å². The topological polar surface area (TPSA) is 99.8 Å². The predicted molar refractivity (Wildman–Crippen MR) is 53.5 cm³/mol. The fourth-order valence-electron chi connectivity index (χ4n) is 0.689. The molecule has 0 aliphatic carbocycles. The van der Waals surface area contributed by atoms with E-state index in [0.29, 0.717) is 10.9 Å². The van der Waals surface area contributed by atoms with Crippen molar-refractivity contribution in [2.24, 2.45) is 18.5 Å². The Labute approximate surface area is 86.0 Å². The molecule has 1 heterocycles. The molecule has 1 aromatic heterocycles. The Morgan fingerprint density at radius 2 is 2.43 bits per heavy atom. The zero-order valence-electron chi connectivity index (χ0n) is 8.10. The second-order valence-corrected chi connectivity index (χ2v) is 4.24. The molecule has 4 N–H and O–H groups in total. The van der Waals surface area contributed by atoms with Crippen LogP contribution in [-0.2, 0) is 11.8 Å². The summed E-state index contributed by atoms with van der Waals surface area (Å²) in [5.74, 6) is -0.137. The Morgan fingerprint density at radius 3 is 2.86 bits per heavy atom. The largest absolute Gasteiger partial charge is 0.368 e. The highest BCUT2D eigenvalue weighted by Gasteiger charge is 2.26. The van der Waals surface area contributed by atoms with E-state index in [-0.39, 0.29) is 0 Å². The van der Waals surface area contributed by atoms with Crippen molar-refractivity contribution in [1.29, 1.82) is 0 Å². The number of hydrogen-bond donors (Lipinski definition) is 2. The van der Waals surface area contributed by atoms with E-state index in [4.69, 9.17) is 11.5 Å². The molecular weight excluding hydrogens is 202 g/mol. The average Bonchev–Trinajstić information content (AvgIpc) is 2.47. The van der Waals surface area contributed by atoms with E-state index in [1.165, 1.54) is 11.8 Å². The molecule has 0 fully saturated rings. The molecule has 7 heteroatoms. The van der Waals surface area contributed by atoms with Crippen LogP contribution < -0.4 is 11.5 Å². The quantitative estimate of drug-likeness (QED) is 0.635. The molecule has 1 aromatic rings. The molecule has 0 saturated carbocycles. The van der Waals surface area contributed by atoms with Gasteiger partial charge in [0.05, 0.1) is 0 Å². The molecule has 0 saturated heterocycles. The smallest absolute Gasteiger partial charge is 0.238 e. The van der Waals surface area contributed by atoms with Crippen LogP contribution in [0.1, 0.15) is 6.92 Å². The molecule has 0 bridgehead atoms. The van der Waals surface area contributed by atoms with Crippen LogP contribution in [-0.4, -0.2) is 32.0 Å². The van der Waals surface area contributed by atoms with Crippen LogP contribution in [0.3, 0.4) is 0 Å². The Morgan fingerprint density at radius 1 is 1.79 bits per heavy atom. The van der Waals surface area contributed by atoms with E-state index in [1.54, 1.807) is 17.8 Å². The van der Waals surface area contributed by atoms with E-state index < -0.39 is 11.4 Å². The summed E-state index contributed by atoms with van der Waals surface area (Å²) in [7, 11) is 1.82. The Balaban J connectivity index is 2.57. The van der Waals surface area contributed by atoms with Crippen molar-refractivity contribution in [1.82, 2.24) is 14.8 Å². The standard InChI is InChI=1S/C7H13N5OS/c1-7(9,5(8)13)3-14-6-11-10-4-12(6)2/h4H,3,9H2,1-2H3,(H2,8,13). The zero-order valence-corrected chi connectivity index (χ0v) is 8.91. The molecular formula is C7H13N5OS. The third-order valence-corrected chi connectivity index (χ3v) is 3.11. The predicted octanol–water partition coefficient (Wildman–Crippen LogP) is -0.890. The molecule has 14 heavy (non-hydrogen) atoms. The van der Waals surface area contributed by atoms with Crippen LogP contribution >= 0.6 is 11.8 Å². The summed E-state index contributed by atoms with van der Waals surface area (Å²) < 4.78 is 1.75. The number of nitrogens with two attached hydrogens (primary N) is 2. The van der Waals surface area contributed by atoms with Gasteiger partial charge in [-0.05, 0) is 6.92 Å². The summed E-state index contributed by atoms with van der Waals surface area (Å²) in [5, 5.41) is 8.26. The summed E-state index contributed by atoms with van der Waals surface area (Å²) in [5.41, 5.74) is 9.78. The zero-order chi connectivity index (χ0) is 10.8. The molecule has 0 aliphatic heterocycles. The minimum atomic E-state index is -1.02. The van der Waals surface area contributed by atoms with Crippen molar-refractivity contribution >= 4 is 17.7 Å². The van der Waals surface area contributed by atoms with Crippen molar-refractivity contribution in [2.75, 3.05) is 5.75 Å². The van der Waals surface area contributed by atoms with Crippen LogP contribution in [0.5, 0.6) is 0 Å². The number of nitrogens with zero attached hydrogens (tertiary/aromatic N) is 3. The fourth-order valence-corrected chi connectivity index (χ4v) is 1.62. The maximum atomic E-state index is 10.9. The third-order valence-electron chi connectivity index (χ3n) is 1.73. The summed E-state index contributed by atoms with van der Waals surface area (Å²) >= 11 is 1.35. The highest BCUT2D eigenvalue weighted by atomic mass is 32.2. The number of hydrogen-bond acceptors (Lipinski definition) is 5. The van der Waals surface area contributed by atoms with Gasteiger partial charge >= 0.3 is 0 Å². The van der Waals surface area contributed by atoms with E-state index >= 15 is 0 Å². The van der Waals surface area contributed by atoms with E-state index in [1.807, 2.05) is 7.05 Å². The van der Waals surface area contributed by atoms with Gasteiger partial charge in [-0.3, -0.25) is 4.79 Å². The lowest BCUT2D eigenvalue weighted by molar-refractivity contribution is -0.121. The first kappa shape index (κ1) is 11.0. The van der Waals surface area contributed by atoms with E-state index in [0.717, 1.165) is 0 Å². The van der Waals surface area contributed by atoms with Gasteiger partial charge < -0.3 is 16.0 Å². The van der Waals surface area contributed by atoms with Crippen molar-refractivity contribution in [2.45, 2.75) is 17.6 Å². The van der Waals surface area contributed by atoms with E-state index in [9.17, 15) is 4.79 Å². The lowest BCUT2D eigenvalue weighted by atomic mass is 10.1. The number of carbonyl (C=O) groups is 1. The molecule has 0 radical (unpaired) electrons. The molecule has 0 aromatic carbocycles. The summed E-state index contributed by atoms with van der Waals surface area (Å²) in [4.78, 5) is 10.9. The van der Waals surface area contributed by atoms with Crippen LogP contribution in [0.2, 0.25) is 0 Å². The maximum Gasteiger partial charge on any atom is 0.238 e. The highest BCUT2D eigenvalue weighted by Crippen LogP contribution is 2.18. The second-order valence-electron chi connectivity index (χ2n) is 3.29. The molecule has 1 unspecified atom stereocenters. The van der Waals surface area contributed by atoms with Gasteiger partial charge in [0.25, 0.3) is 0 Å². The van der Waals surface area contributed by atoms with Gasteiger partial charge in [0, 0.05) is 12.8 Å². The number of rotatable bonds is 4. The molecule has 0 aliphatic rings. The Bertz CT molecular complexity index is 335. The van der Waals surface area contributed by atoms with Gasteiger partial charge in [-0.1, -0.05) is 11.8 Å². The van der Waals surface area contributed by atoms with Gasteiger partial charge in [-0.2, -0.15) is 0 Å². The Kier molecular flexibility index (Phi) is 3.12. The molecule has 6 nitrogen and oxygen atoms in total. The van der Waals surface area contributed by atoms with Gasteiger partial charge in [-0.15, -0.1) is 10.2 Å².